The quantitative estimate of drug-likeness (QED) is 0.482. The molecule has 0 fully saturated rings. The highest BCUT2D eigenvalue weighted by atomic mass is 16.6. The van der Waals surface area contributed by atoms with Gasteiger partial charge in [-0.05, 0) is 17.7 Å². The number of nitrogens with zero attached hydrogens (tertiary/aromatic N) is 2. The second kappa shape index (κ2) is 7.81. The van der Waals surface area contributed by atoms with Gasteiger partial charge in [0.15, 0.2) is 0 Å². The van der Waals surface area contributed by atoms with Crippen molar-refractivity contribution in [1.29, 1.82) is 5.26 Å². The minimum Gasteiger partial charge on any atom is -0.446 e. The summed E-state index contributed by atoms with van der Waals surface area (Å²) in [5.41, 5.74) is 3.44. The molecule has 94 valence electrons. The molecule has 0 aliphatic rings. The summed E-state index contributed by atoms with van der Waals surface area (Å²) in [6.07, 6.45) is 0.776. The van der Waals surface area contributed by atoms with E-state index in [-0.39, 0.29) is 6.61 Å². The maximum atomic E-state index is 11.1. The van der Waals surface area contributed by atoms with E-state index in [4.69, 9.17) is 14.7 Å². The second-order valence-corrected chi connectivity index (χ2v) is 3.24. The molecular formula is C12H13N3O3. The summed E-state index contributed by atoms with van der Waals surface area (Å²) in [6.45, 7) is 0.503. The third-order valence-corrected chi connectivity index (χ3v) is 1.91. The van der Waals surface area contributed by atoms with Crippen LogP contribution >= 0.6 is 0 Å². The lowest BCUT2D eigenvalue weighted by atomic mass is 10.1. The highest BCUT2D eigenvalue weighted by Gasteiger charge is 1.98. The van der Waals surface area contributed by atoms with E-state index in [9.17, 15) is 4.79 Å². The Morgan fingerprint density at radius 1 is 1.56 bits per heavy atom. The Bertz CT molecular complexity index is 466. The average Bonchev–Trinajstić information content (AvgIpc) is 2.39. The largest absolute Gasteiger partial charge is 0.446 e. The van der Waals surface area contributed by atoms with E-state index in [1.165, 1.54) is 13.3 Å². The molecule has 0 saturated heterocycles. The molecule has 18 heavy (non-hydrogen) atoms. The summed E-state index contributed by atoms with van der Waals surface area (Å²) >= 11 is 0. The first-order chi connectivity index (χ1) is 8.76. The van der Waals surface area contributed by atoms with E-state index in [1.807, 2.05) is 6.07 Å². The SMILES string of the molecule is COCCOC(=O)N/N=C/c1cccc(C#N)c1. The molecule has 1 N–H and O–H groups in total. The van der Waals surface area contributed by atoms with Crippen LogP contribution in [-0.4, -0.2) is 32.6 Å². The van der Waals surface area contributed by atoms with Gasteiger partial charge in [0.1, 0.15) is 6.61 Å². The maximum absolute atomic E-state index is 11.1. The summed E-state index contributed by atoms with van der Waals surface area (Å²) in [5.74, 6) is 0. The Hall–Kier alpha value is -2.39. The van der Waals surface area contributed by atoms with E-state index in [0.29, 0.717) is 17.7 Å². The predicted molar refractivity (Wildman–Crippen MR) is 65.1 cm³/mol. The Kier molecular flexibility index (Phi) is 5.94. The van der Waals surface area contributed by atoms with Crippen LogP contribution in [0.15, 0.2) is 29.4 Å². The lowest BCUT2D eigenvalue weighted by Gasteiger charge is -2.01. The Morgan fingerprint density at radius 2 is 2.39 bits per heavy atom. The fourth-order valence-electron chi connectivity index (χ4n) is 1.10. The number of amides is 1. The number of methoxy groups -OCH3 is 1. The molecule has 1 aromatic rings. The monoisotopic (exact) mass is 247 g/mol. The Labute approximate surface area is 105 Å². The molecule has 1 aromatic carbocycles. The number of nitriles is 1. The van der Waals surface area contributed by atoms with Gasteiger partial charge in [0.25, 0.3) is 0 Å². The Balaban J connectivity index is 2.40. The molecular weight excluding hydrogens is 234 g/mol. The van der Waals surface area contributed by atoms with Gasteiger partial charge in [-0.25, -0.2) is 10.2 Å². The molecule has 0 aromatic heterocycles. The molecule has 1 amide bonds. The van der Waals surface area contributed by atoms with Crippen LogP contribution in [0.1, 0.15) is 11.1 Å². The summed E-state index contributed by atoms with van der Waals surface area (Å²) < 4.78 is 9.44. The van der Waals surface area contributed by atoms with Crippen molar-refractivity contribution in [3.63, 3.8) is 0 Å². The predicted octanol–water partition coefficient (Wildman–Crippen LogP) is 1.26. The number of hydrogen-bond donors (Lipinski definition) is 1. The van der Waals surface area contributed by atoms with Crippen LogP contribution < -0.4 is 5.43 Å². The molecule has 6 heteroatoms. The van der Waals surface area contributed by atoms with E-state index in [2.05, 4.69) is 10.5 Å². The summed E-state index contributed by atoms with van der Waals surface area (Å²) in [4.78, 5) is 11.1. The first kappa shape index (κ1) is 13.7. The lowest BCUT2D eigenvalue weighted by molar-refractivity contribution is 0.0988. The molecule has 0 spiro atoms. The van der Waals surface area contributed by atoms with Gasteiger partial charge in [-0.2, -0.15) is 10.4 Å². The summed E-state index contributed by atoms with van der Waals surface area (Å²) in [6, 6.07) is 8.85. The molecule has 0 aliphatic heterocycles. The van der Waals surface area contributed by atoms with E-state index in [1.54, 1.807) is 24.3 Å². The molecule has 0 saturated carbocycles. The van der Waals surface area contributed by atoms with Crippen LogP contribution in [0.3, 0.4) is 0 Å². The average molecular weight is 247 g/mol. The first-order valence-electron chi connectivity index (χ1n) is 5.21. The molecule has 6 nitrogen and oxygen atoms in total. The van der Waals surface area contributed by atoms with Gasteiger partial charge < -0.3 is 9.47 Å². The fourth-order valence-corrected chi connectivity index (χ4v) is 1.10. The van der Waals surface area contributed by atoms with E-state index in [0.717, 1.165) is 0 Å². The van der Waals surface area contributed by atoms with Crippen LogP contribution in [0.4, 0.5) is 4.79 Å². The van der Waals surface area contributed by atoms with Crippen molar-refractivity contribution in [2.24, 2.45) is 5.10 Å². The third-order valence-electron chi connectivity index (χ3n) is 1.91. The summed E-state index contributed by atoms with van der Waals surface area (Å²) in [5, 5.41) is 12.4. The highest BCUT2D eigenvalue weighted by molar-refractivity contribution is 5.81. The number of carbonyl (C=O) groups is 1. The topological polar surface area (TPSA) is 83.7 Å². The highest BCUT2D eigenvalue weighted by Crippen LogP contribution is 2.00. The normalized spacial score (nSPS) is 10.0. The van der Waals surface area contributed by atoms with Crippen molar-refractivity contribution < 1.29 is 14.3 Å². The van der Waals surface area contributed by atoms with Gasteiger partial charge in [-0.15, -0.1) is 0 Å². The number of ether oxygens (including phenoxy) is 2. The van der Waals surface area contributed by atoms with Gasteiger partial charge in [-0.1, -0.05) is 12.1 Å². The van der Waals surface area contributed by atoms with Crippen molar-refractivity contribution in [2.75, 3.05) is 20.3 Å². The molecule has 0 atom stereocenters. The zero-order chi connectivity index (χ0) is 13.2. The van der Waals surface area contributed by atoms with Crippen molar-refractivity contribution in [3.05, 3.63) is 35.4 Å². The van der Waals surface area contributed by atoms with Gasteiger partial charge in [0, 0.05) is 7.11 Å². The van der Waals surface area contributed by atoms with E-state index < -0.39 is 6.09 Å². The lowest BCUT2D eigenvalue weighted by Crippen LogP contribution is -2.20. The number of carbonyl (C=O) groups excluding carboxylic acids is 1. The minimum absolute atomic E-state index is 0.168. The molecule has 0 aliphatic carbocycles. The third kappa shape index (κ3) is 5.09. The molecule has 0 heterocycles. The minimum atomic E-state index is -0.653. The van der Waals surface area contributed by atoms with Crippen molar-refractivity contribution in [1.82, 2.24) is 5.43 Å². The Morgan fingerprint density at radius 3 is 3.11 bits per heavy atom. The molecule has 0 radical (unpaired) electrons. The molecule has 1 rings (SSSR count). The zero-order valence-electron chi connectivity index (χ0n) is 9.92. The number of rotatable bonds is 5. The van der Waals surface area contributed by atoms with Crippen LogP contribution in [0.2, 0.25) is 0 Å². The van der Waals surface area contributed by atoms with Crippen molar-refractivity contribution >= 4 is 12.3 Å². The number of benzene rings is 1. The van der Waals surface area contributed by atoms with Crippen molar-refractivity contribution in [3.8, 4) is 6.07 Å². The van der Waals surface area contributed by atoms with Crippen LogP contribution in [0.5, 0.6) is 0 Å². The van der Waals surface area contributed by atoms with Crippen LogP contribution in [0.25, 0.3) is 0 Å². The molecule has 0 unspecified atom stereocenters. The van der Waals surface area contributed by atoms with Crippen LogP contribution in [-0.2, 0) is 9.47 Å². The number of nitrogens with one attached hydrogen (secondary N) is 1. The van der Waals surface area contributed by atoms with Gasteiger partial charge in [0.05, 0.1) is 24.5 Å². The number of hydrogen-bond acceptors (Lipinski definition) is 5. The van der Waals surface area contributed by atoms with Gasteiger partial charge in [-0.3, -0.25) is 0 Å². The second-order valence-electron chi connectivity index (χ2n) is 3.24. The van der Waals surface area contributed by atoms with Gasteiger partial charge >= 0.3 is 6.09 Å². The zero-order valence-corrected chi connectivity index (χ0v) is 9.92. The summed E-state index contributed by atoms with van der Waals surface area (Å²) in [7, 11) is 1.52. The number of hydrazone groups is 1. The van der Waals surface area contributed by atoms with Crippen LogP contribution in [0, 0.1) is 11.3 Å². The fraction of sp³-hybridized carbons (Fsp3) is 0.250. The first-order valence-corrected chi connectivity index (χ1v) is 5.21. The van der Waals surface area contributed by atoms with Gasteiger partial charge in [0.2, 0.25) is 0 Å². The van der Waals surface area contributed by atoms with Crippen molar-refractivity contribution in [2.45, 2.75) is 0 Å². The maximum Gasteiger partial charge on any atom is 0.427 e. The standard InChI is InChI=1S/C12H13N3O3/c1-17-5-6-18-12(16)15-14-9-11-4-2-3-10(7-11)8-13/h2-4,7,9H,5-6H2,1H3,(H,15,16)/b14-9+. The smallest absolute Gasteiger partial charge is 0.427 e. The molecule has 0 bridgehead atoms. The van der Waals surface area contributed by atoms with E-state index >= 15 is 0 Å².